The van der Waals surface area contributed by atoms with E-state index >= 15 is 0 Å². The van der Waals surface area contributed by atoms with E-state index in [2.05, 4.69) is 0 Å². The molecular weight excluding hydrogens is 211 g/mol. The third-order valence-electron chi connectivity index (χ3n) is 0.428. The molecule has 2 N–H and O–H groups in total. The number of carbonyl (C=O) groups is 1. The van der Waals surface area contributed by atoms with Crippen molar-refractivity contribution in [3.63, 3.8) is 0 Å². The molecule has 0 aliphatic rings. The molecule has 3 nitrogen and oxygen atoms in total. The van der Waals surface area contributed by atoms with Crippen LogP contribution in [0.25, 0.3) is 0 Å². The number of aliphatic hydroxyl groups is 1. The molecule has 0 aromatic heterocycles. The molecule has 0 rings (SSSR count). The van der Waals surface area contributed by atoms with Crippen molar-refractivity contribution in [3.05, 3.63) is 0 Å². The summed E-state index contributed by atoms with van der Waals surface area (Å²) >= 11 is 1.65. The van der Waals surface area contributed by atoms with E-state index in [-0.39, 0.29) is 6.61 Å². The topological polar surface area (TPSA) is 57.5 Å². The van der Waals surface area contributed by atoms with Gasteiger partial charge in [-0.05, 0) is 0 Å². The highest BCUT2D eigenvalue weighted by molar-refractivity contribution is 14.1. The molecule has 0 fully saturated rings. The zero-order valence-electron chi connectivity index (χ0n) is 3.47. The van der Waals surface area contributed by atoms with Crippen LogP contribution in [0.4, 0.5) is 0 Å². The highest BCUT2D eigenvalue weighted by Crippen LogP contribution is 1.96. The fraction of sp³-hybridized carbons (Fsp3) is 0.667. The SMILES string of the molecule is O=C(O)[C@H](I)CO. The highest BCUT2D eigenvalue weighted by Gasteiger charge is 2.08. The third-order valence-corrected chi connectivity index (χ3v) is 1.35. The molecule has 0 aliphatic heterocycles. The minimum Gasteiger partial charge on any atom is -0.480 e. The normalized spacial score (nSPS) is 13.4. The summed E-state index contributed by atoms with van der Waals surface area (Å²) < 4.78 is -0.655. The van der Waals surface area contributed by atoms with E-state index in [0.29, 0.717) is 0 Å². The Morgan fingerprint density at radius 3 is 2.29 bits per heavy atom. The molecule has 42 valence electrons. The van der Waals surface area contributed by atoms with Crippen molar-refractivity contribution in [2.45, 2.75) is 3.92 Å². The Kier molecular flexibility index (Phi) is 3.27. The monoisotopic (exact) mass is 216 g/mol. The van der Waals surface area contributed by atoms with Crippen molar-refractivity contribution in [2.24, 2.45) is 0 Å². The molecule has 4 heteroatoms. The molecule has 0 unspecified atom stereocenters. The van der Waals surface area contributed by atoms with E-state index in [1.165, 1.54) is 0 Å². The van der Waals surface area contributed by atoms with Crippen LogP contribution in [-0.2, 0) is 4.79 Å². The third kappa shape index (κ3) is 2.81. The molecule has 0 bridgehead atoms. The maximum Gasteiger partial charge on any atom is 0.318 e. The minimum absolute atomic E-state index is 0.296. The fourth-order valence-corrected chi connectivity index (χ4v) is 0.0781. The summed E-state index contributed by atoms with van der Waals surface area (Å²) in [6.45, 7) is -0.296. The fourth-order valence-electron chi connectivity index (χ4n) is 0.0781. The molecule has 0 aromatic rings. The average Bonchev–Trinajstić information content (AvgIpc) is 1.65. The van der Waals surface area contributed by atoms with Crippen LogP contribution >= 0.6 is 22.6 Å². The second kappa shape index (κ2) is 3.20. The van der Waals surface area contributed by atoms with Gasteiger partial charge in [0, 0.05) is 0 Å². The van der Waals surface area contributed by atoms with Gasteiger partial charge in [-0.3, -0.25) is 4.79 Å². The van der Waals surface area contributed by atoms with Gasteiger partial charge in [-0.2, -0.15) is 0 Å². The first kappa shape index (κ1) is 7.16. The molecule has 0 aliphatic carbocycles. The first-order valence-corrected chi connectivity index (χ1v) is 2.90. The lowest BCUT2D eigenvalue weighted by molar-refractivity contribution is -0.136. The Bertz CT molecular complexity index is 72.6. The number of carboxylic acids is 1. The van der Waals surface area contributed by atoms with Gasteiger partial charge in [0.25, 0.3) is 0 Å². The summed E-state index contributed by atoms with van der Waals surface area (Å²) in [6, 6.07) is 0. The number of carboxylic acid groups (broad SMARTS) is 1. The smallest absolute Gasteiger partial charge is 0.318 e. The summed E-state index contributed by atoms with van der Waals surface area (Å²) in [6.07, 6.45) is 0. The zero-order valence-corrected chi connectivity index (χ0v) is 5.62. The van der Waals surface area contributed by atoms with E-state index < -0.39 is 9.89 Å². The Morgan fingerprint density at radius 2 is 2.29 bits per heavy atom. The molecule has 0 amide bonds. The van der Waals surface area contributed by atoms with Crippen molar-refractivity contribution < 1.29 is 15.0 Å². The van der Waals surface area contributed by atoms with E-state index in [0.717, 1.165) is 0 Å². The van der Waals surface area contributed by atoms with E-state index in [1.807, 2.05) is 0 Å². The second-order valence-corrected chi connectivity index (χ2v) is 2.49. The van der Waals surface area contributed by atoms with Gasteiger partial charge in [0.05, 0.1) is 6.61 Å². The van der Waals surface area contributed by atoms with Crippen LogP contribution in [0.15, 0.2) is 0 Å². The maximum atomic E-state index is 9.76. The van der Waals surface area contributed by atoms with Gasteiger partial charge in [-0.15, -0.1) is 0 Å². The largest absolute Gasteiger partial charge is 0.480 e. The maximum absolute atomic E-state index is 9.76. The van der Waals surface area contributed by atoms with Crippen molar-refractivity contribution in [2.75, 3.05) is 6.61 Å². The van der Waals surface area contributed by atoms with Crippen LogP contribution in [-0.4, -0.2) is 26.7 Å². The van der Waals surface area contributed by atoms with Gasteiger partial charge < -0.3 is 10.2 Å². The summed E-state index contributed by atoms with van der Waals surface area (Å²) in [5.41, 5.74) is 0. The van der Waals surface area contributed by atoms with E-state index in [4.69, 9.17) is 10.2 Å². The number of halogens is 1. The number of alkyl halides is 1. The lowest BCUT2D eigenvalue weighted by Crippen LogP contribution is -2.15. The Morgan fingerprint density at radius 1 is 1.86 bits per heavy atom. The number of hydrogen-bond acceptors (Lipinski definition) is 2. The van der Waals surface area contributed by atoms with Crippen molar-refractivity contribution >= 4 is 28.6 Å². The molecule has 0 aromatic carbocycles. The number of aliphatic hydroxyl groups excluding tert-OH is 1. The summed E-state index contributed by atoms with van der Waals surface area (Å²) in [7, 11) is 0. The molecule has 0 radical (unpaired) electrons. The number of aliphatic carboxylic acids is 1. The van der Waals surface area contributed by atoms with Crippen molar-refractivity contribution in [1.82, 2.24) is 0 Å². The van der Waals surface area contributed by atoms with Gasteiger partial charge in [0.2, 0.25) is 0 Å². The first-order valence-electron chi connectivity index (χ1n) is 1.66. The average molecular weight is 216 g/mol. The lowest BCUT2D eigenvalue weighted by Gasteiger charge is -1.93. The van der Waals surface area contributed by atoms with Crippen LogP contribution < -0.4 is 0 Å². The molecule has 1 atom stereocenters. The van der Waals surface area contributed by atoms with Gasteiger partial charge in [0.15, 0.2) is 0 Å². The summed E-state index contributed by atoms with van der Waals surface area (Å²) in [4.78, 5) is 9.76. The van der Waals surface area contributed by atoms with Gasteiger partial charge >= 0.3 is 5.97 Å². The van der Waals surface area contributed by atoms with Crippen molar-refractivity contribution in [1.29, 1.82) is 0 Å². The lowest BCUT2D eigenvalue weighted by atomic mass is 10.5. The Labute approximate surface area is 54.5 Å². The number of rotatable bonds is 2. The second-order valence-electron chi connectivity index (χ2n) is 0.988. The van der Waals surface area contributed by atoms with Crippen LogP contribution in [0, 0.1) is 0 Å². The van der Waals surface area contributed by atoms with Gasteiger partial charge in [-0.25, -0.2) is 0 Å². The highest BCUT2D eigenvalue weighted by atomic mass is 127. The number of hydrogen-bond donors (Lipinski definition) is 2. The predicted molar refractivity (Wildman–Crippen MR) is 32.5 cm³/mol. The molecular formula is C3H5IO3. The van der Waals surface area contributed by atoms with Crippen LogP contribution in [0.3, 0.4) is 0 Å². The van der Waals surface area contributed by atoms with E-state index in [1.54, 1.807) is 22.6 Å². The van der Waals surface area contributed by atoms with Crippen LogP contribution in [0.5, 0.6) is 0 Å². The minimum atomic E-state index is -0.969. The summed E-state index contributed by atoms with van der Waals surface area (Å²) in [5, 5.41) is 16.1. The van der Waals surface area contributed by atoms with Gasteiger partial charge in [0.1, 0.15) is 3.92 Å². The molecule has 0 spiro atoms. The predicted octanol–water partition coefficient (Wildman–Crippen LogP) is -0.133. The summed E-state index contributed by atoms with van der Waals surface area (Å²) in [5.74, 6) is -0.969. The van der Waals surface area contributed by atoms with E-state index in [9.17, 15) is 4.79 Å². The van der Waals surface area contributed by atoms with Crippen LogP contribution in [0.1, 0.15) is 0 Å². The van der Waals surface area contributed by atoms with Crippen LogP contribution in [0.2, 0.25) is 0 Å². The molecule has 7 heavy (non-hydrogen) atoms. The van der Waals surface area contributed by atoms with Gasteiger partial charge in [-0.1, -0.05) is 22.6 Å². The molecule has 0 saturated carbocycles. The molecule has 0 heterocycles. The Hall–Kier alpha value is 0.160. The molecule has 0 saturated heterocycles. The zero-order chi connectivity index (χ0) is 5.86. The standard InChI is InChI=1S/C3H5IO3/c4-2(1-5)3(6)7/h2,5H,1H2,(H,6,7)/t2-/m1/s1. The first-order chi connectivity index (χ1) is 3.18. The Balaban J connectivity index is 3.34. The quantitative estimate of drug-likeness (QED) is 0.499. The van der Waals surface area contributed by atoms with Crippen molar-refractivity contribution in [3.8, 4) is 0 Å².